The van der Waals surface area contributed by atoms with Crippen LogP contribution in [0.5, 0.6) is 0 Å². The molecule has 1 saturated heterocycles. The normalized spacial score (nSPS) is 21.3. The van der Waals surface area contributed by atoms with Gasteiger partial charge < -0.3 is 0 Å². The van der Waals surface area contributed by atoms with Gasteiger partial charge in [-0.3, -0.25) is 4.90 Å². The van der Waals surface area contributed by atoms with Gasteiger partial charge in [0.15, 0.2) is 0 Å². The lowest BCUT2D eigenvalue weighted by Gasteiger charge is -2.20. The van der Waals surface area contributed by atoms with Crippen LogP contribution in [-0.4, -0.2) is 18.0 Å². The molecule has 0 bridgehead atoms. The van der Waals surface area contributed by atoms with Crippen molar-refractivity contribution >= 4 is 0 Å². The molecule has 2 rings (SSSR count). The summed E-state index contributed by atoms with van der Waals surface area (Å²) in [6.45, 7) is 5.06. The molecule has 0 amide bonds. The number of nitriles is 1. The van der Waals surface area contributed by atoms with Crippen LogP contribution >= 0.6 is 0 Å². The number of hydrogen-bond donors (Lipinski definition) is 0. The molecule has 1 unspecified atom stereocenters. The minimum Gasteiger partial charge on any atom is -0.299 e. The molecule has 0 spiro atoms. The van der Waals surface area contributed by atoms with Crippen molar-refractivity contribution in [2.45, 2.75) is 32.7 Å². The highest BCUT2D eigenvalue weighted by atomic mass is 19.1. The summed E-state index contributed by atoms with van der Waals surface area (Å²) in [6.07, 6.45) is 3.65. The Morgan fingerprint density at radius 3 is 3.00 bits per heavy atom. The third kappa shape index (κ3) is 3.30. The van der Waals surface area contributed by atoms with Crippen molar-refractivity contribution in [2.24, 2.45) is 5.92 Å². The fourth-order valence-electron chi connectivity index (χ4n) is 2.52. The second-order valence-electron chi connectivity index (χ2n) is 5.23. The molecule has 1 fully saturated rings. The zero-order chi connectivity index (χ0) is 13.0. The van der Waals surface area contributed by atoms with E-state index in [2.05, 4.69) is 17.9 Å². The van der Waals surface area contributed by atoms with Crippen LogP contribution < -0.4 is 0 Å². The van der Waals surface area contributed by atoms with Crippen LogP contribution in [0, 0.1) is 23.1 Å². The Morgan fingerprint density at radius 1 is 1.39 bits per heavy atom. The van der Waals surface area contributed by atoms with Crippen molar-refractivity contribution < 1.29 is 4.39 Å². The molecule has 0 radical (unpaired) electrons. The number of benzene rings is 1. The predicted octanol–water partition coefficient (Wildman–Crippen LogP) is 3.32. The van der Waals surface area contributed by atoms with Gasteiger partial charge in [0.2, 0.25) is 0 Å². The number of halogens is 1. The first kappa shape index (κ1) is 13.0. The smallest absolute Gasteiger partial charge is 0.123 e. The first-order valence-corrected chi connectivity index (χ1v) is 6.60. The van der Waals surface area contributed by atoms with E-state index in [1.807, 2.05) is 0 Å². The average molecular weight is 246 g/mol. The largest absolute Gasteiger partial charge is 0.299 e. The van der Waals surface area contributed by atoms with Crippen molar-refractivity contribution in [3.05, 3.63) is 35.1 Å². The highest BCUT2D eigenvalue weighted by Gasteiger charge is 2.15. The first-order chi connectivity index (χ1) is 8.69. The molecule has 1 aromatic rings. The number of nitrogens with zero attached hydrogens (tertiary/aromatic N) is 2. The molecule has 18 heavy (non-hydrogen) atoms. The highest BCUT2D eigenvalue weighted by Crippen LogP contribution is 2.19. The second kappa shape index (κ2) is 5.97. The number of rotatable bonds is 2. The summed E-state index contributed by atoms with van der Waals surface area (Å²) in [4.78, 5) is 2.33. The molecule has 0 aliphatic carbocycles. The maximum absolute atomic E-state index is 13.3. The Hall–Kier alpha value is -1.40. The van der Waals surface area contributed by atoms with E-state index in [-0.39, 0.29) is 5.82 Å². The Bertz CT molecular complexity index is 450. The van der Waals surface area contributed by atoms with Crippen LogP contribution in [0.25, 0.3) is 0 Å². The van der Waals surface area contributed by atoms with Crippen LogP contribution in [0.3, 0.4) is 0 Å². The lowest BCUT2D eigenvalue weighted by Crippen LogP contribution is -2.24. The van der Waals surface area contributed by atoms with Gasteiger partial charge in [0.05, 0.1) is 11.6 Å². The molecular weight excluding hydrogens is 227 g/mol. The van der Waals surface area contributed by atoms with Crippen molar-refractivity contribution in [1.29, 1.82) is 5.26 Å². The second-order valence-corrected chi connectivity index (χ2v) is 5.23. The Kier molecular flexibility index (Phi) is 4.33. The molecule has 1 aliphatic heterocycles. The van der Waals surface area contributed by atoms with Crippen molar-refractivity contribution in [1.82, 2.24) is 4.90 Å². The van der Waals surface area contributed by atoms with Gasteiger partial charge in [-0.25, -0.2) is 4.39 Å². The van der Waals surface area contributed by atoms with E-state index < -0.39 is 0 Å². The Morgan fingerprint density at radius 2 is 2.22 bits per heavy atom. The molecule has 1 aromatic carbocycles. The van der Waals surface area contributed by atoms with Gasteiger partial charge in [0.1, 0.15) is 5.82 Å². The van der Waals surface area contributed by atoms with Crippen molar-refractivity contribution in [2.75, 3.05) is 13.1 Å². The monoisotopic (exact) mass is 246 g/mol. The molecule has 0 saturated carbocycles. The number of hydrogen-bond acceptors (Lipinski definition) is 2. The van der Waals surface area contributed by atoms with Gasteiger partial charge in [0, 0.05) is 6.54 Å². The van der Waals surface area contributed by atoms with Crippen molar-refractivity contribution in [3.8, 4) is 6.07 Å². The van der Waals surface area contributed by atoms with Crippen LogP contribution in [-0.2, 0) is 6.54 Å². The summed E-state index contributed by atoms with van der Waals surface area (Å²) >= 11 is 0. The Balaban J connectivity index is 2.09. The molecule has 0 aromatic heterocycles. The molecule has 1 heterocycles. The van der Waals surface area contributed by atoms with Gasteiger partial charge in [0.25, 0.3) is 0 Å². The number of likely N-dealkylation sites (tertiary alicyclic amines) is 1. The van der Waals surface area contributed by atoms with Crippen LogP contribution in [0.1, 0.15) is 37.3 Å². The lowest BCUT2D eigenvalue weighted by atomic mass is 10.0. The predicted molar refractivity (Wildman–Crippen MR) is 69.4 cm³/mol. The quantitative estimate of drug-likeness (QED) is 0.800. The average Bonchev–Trinajstić information content (AvgIpc) is 2.55. The minimum absolute atomic E-state index is 0.257. The third-order valence-electron chi connectivity index (χ3n) is 3.69. The maximum atomic E-state index is 13.3. The third-order valence-corrected chi connectivity index (χ3v) is 3.69. The molecule has 1 atom stereocenters. The summed E-state index contributed by atoms with van der Waals surface area (Å²) in [7, 11) is 0. The van der Waals surface area contributed by atoms with Crippen molar-refractivity contribution in [3.63, 3.8) is 0 Å². The zero-order valence-electron chi connectivity index (χ0n) is 10.8. The molecular formula is C15H19FN2. The van der Waals surface area contributed by atoms with Gasteiger partial charge >= 0.3 is 0 Å². The zero-order valence-corrected chi connectivity index (χ0v) is 10.8. The molecule has 2 nitrogen and oxygen atoms in total. The summed E-state index contributed by atoms with van der Waals surface area (Å²) in [5.41, 5.74) is 1.40. The maximum Gasteiger partial charge on any atom is 0.123 e. The van der Waals surface area contributed by atoms with Gasteiger partial charge in [-0.2, -0.15) is 5.26 Å². The van der Waals surface area contributed by atoms with E-state index >= 15 is 0 Å². The van der Waals surface area contributed by atoms with Gasteiger partial charge in [-0.1, -0.05) is 6.92 Å². The molecule has 3 heteroatoms. The molecule has 0 N–H and O–H groups in total. The van der Waals surface area contributed by atoms with Gasteiger partial charge in [-0.05, 0) is 62.0 Å². The summed E-state index contributed by atoms with van der Waals surface area (Å²) < 4.78 is 13.3. The summed E-state index contributed by atoms with van der Waals surface area (Å²) in [5, 5.41) is 9.05. The van der Waals surface area contributed by atoms with E-state index in [0.717, 1.165) is 24.6 Å². The SMILES string of the molecule is CC1CCCN(Cc2cc(F)ccc2C#N)CC1. The molecule has 96 valence electrons. The van der Waals surface area contributed by atoms with Gasteiger partial charge in [-0.15, -0.1) is 0 Å². The van der Waals surface area contributed by atoms with E-state index in [9.17, 15) is 4.39 Å². The van der Waals surface area contributed by atoms with E-state index in [1.165, 1.54) is 31.4 Å². The summed E-state index contributed by atoms with van der Waals surface area (Å²) in [6, 6.07) is 6.56. The van der Waals surface area contributed by atoms with E-state index in [0.29, 0.717) is 12.1 Å². The fourth-order valence-corrected chi connectivity index (χ4v) is 2.52. The first-order valence-electron chi connectivity index (χ1n) is 6.60. The summed E-state index contributed by atoms with van der Waals surface area (Å²) in [5.74, 6) is 0.519. The standard InChI is InChI=1S/C15H19FN2/c1-12-3-2-7-18(8-6-12)11-14-9-15(16)5-4-13(14)10-17/h4-5,9,12H,2-3,6-8,11H2,1H3. The van der Waals surface area contributed by atoms with Crippen LogP contribution in [0.15, 0.2) is 18.2 Å². The fraction of sp³-hybridized carbons (Fsp3) is 0.533. The van der Waals surface area contributed by atoms with E-state index in [1.54, 1.807) is 6.07 Å². The van der Waals surface area contributed by atoms with Crippen LogP contribution in [0.4, 0.5) is 4.39 Å². The topological polar surface area (TPSA) is 27.0 Å². The minimum atomic E-state index is -0.257. The van der Waals surface area contributed by atoms with E-state index in [4.69, 9.17) is 5.26 Å². The Labute approximate surface area is 108 Å². The highest BCUT2D eigenvalue weighted by molar-refractivity contribution is 5.37. The van der Waals surface area contributed by atoms with Crippen LogP contribution in [0.2, 0.25) is 0 Å². The molecule has 1 aliphatic rings. The lowest BCUT2D eigenvalue weighted by molar-refractivity contribution is 0.273.